The Morgan fingerprint density at radius 1 is 0.964 bits per heavy atom. The first-order valence-electron chi connectivity index (χ1n) is 9.84. The number of amides is 2. The number of hydrogen-bond donors (Lipinski definition) is 0. The predicted octanol–water partition coefficient (Wildman–Crippen LogP) is 4.44. The van der Waals surface area contributed by atoms with E-state index in [1.165, 1.54) is 5.56 Å². The molecule has 2 amide bonds. The average molecular weight is 386 g/mol. The molecule has 0 radical (unpaired) electrons. The summed E-state index contributed by atoms with van der Waals surface area (Å²) in [6.45, 7) is 13.7. The highest BCUT2D eigenvalue weighted by molar-refractivity contribution is 5.99. The van der Waals surface area contributed by atoms with E-state index in [0.717, 1.165) is 22.1 Å². The van der Waals surface area contributed by atoms with E-state index in [1.807, 2.05) is 40.7 Å². The van der Waals surface area contributed by atoms with Gasteiger partial charge >= 0.3 is 6.09 Å². The first-order valence-corrected chi connectivity index (χ1v) is 9.84. The first-order chi connectivity index (χ1) is 13.1. The second-order valence-corrected chi connectivity index (χ2v) is 8.60. The first kappa shape index (κ1) is 20.2. The summed E-state index contributed by atoms with van der Waals surface area (Å²) >= 11 is 0. The van der Waals surface area contributed by atoms with Crippen molar-refractivity contribution in [2.45, 2.75) is 53.6 Å². The molecule has 28 heavy (non-hydrogen) atoms. The molecule has 0 N–H and O–H groups in total. The number of furan rings is 1. The summed E-state index contributed by atoms with van der Waals surface area (Å²) in [5.74, 6) is 0.278. The van der Waals surface area contributed by atoms with Gasteiger partial charge in [0.15, 0.2) is 5.76 Å². The third-order valence-corrected chi connectivity index (χ3v) is 5.18. The molecular formula is C22H30N2O4. The lowest BCUT2D eigenvalue weighted by Crippen LogP contribution is -2.40. The van der Waals surface area contributed by atoms with Gasteiger partial charge in [-0.2, -0.15) is 0 Å². The van der Waals surface area contributed by atoms with Crippen LogP contribution in [0.25, 0.3) is 11.0 Å². The zero-order valence-corrected chi connectivity index (χ0v) is 17.7. The largest absolute Gasteiger partial charge is 0.451 e. The summed E-state index contributed by atoms with van der Waals surface area (Å²) < 4.78 is 11.4. The summed E-state index contributed by atoms with van der Waals surface area (Å²) in [7, 11) is 0. The van der Waals surface area contributed by atoms with Crippen molar-refractivity contribution in [1.29, 1.82) is 0 Å². The molecule has 0 aliphatic carbocycles. The van der Waals surface area contributed by atoms with Crippen molar-refractivity contribution < 1.29 is 18.7 Å². The SMILES string of the molecule is Cc1cc2oc(C(=O)N3CCCN(C(=O)OC(C)(C)C)CC3)c(C)c2cc1C. The van der Waals surface area contributed by atoms with Gasteiger partial charge in [0.25, 0.3) is 5.91 Å². The Kier molecular flexibility index (Phi) is 5.41. The number of nitrogens with zero attached hydrogens (tertiary/aromatic N) is 2. The van der Waals surface area contributed by atoms with E-state index in [-0.39, 0.29) is 12.0 Å². The van der Waals surface area contributed by atoms with E-state index in [9.17, 15) is 9.59 Å². The van der Waals surface area contributed by atoms with Crippen molar-refractivity contribution in [2.75, 3.05) is 26.2 Å². The maximum atomic E-state index is 13.1. The number of benzene rings is 1. The highest BCUT2D eigenvalue weighted by Gasteiger charge is 2.28. The molecule has 3 rings (SSSR count). The number of carbonyl (C=O) groups is 2. The van der Waals surface area contributed by atoms with E-state index in [2.05, 4.69) is 13.0 Å². The van der Waals surface area contributed by atoms with Crippen LogP contribution in [0, 0.1) is 20.8 Å². The Hall–Kier alpha value is -2.50. The lowest BCUT2D eigenvalue weighted by atomic mass is 10.0. The van der Waals surface area contributed by atoms with Crippen LogP contribution in [-0.2, 0) is 4.74 Å². The quantitative estimate of drug-likeness (QED) is 0.727. The second-order valence-electron chi connectivity index (χ2n) is 8.60. The molecule has 1 saturated heterocycles. The maximum Gasteiger partial charge on any atom is 0.410 e. The van der Waals surface area contributed by atoms with Gasteiger partial charge in [-0.05, 0) is 71.2 Å². The molecule has 0 spiro atoms. The number of aryl methyl sites for hydroxylation is 3. The van der Waals surface area contributed by atoms with Crippen LogP contribution in [0.5, 0.6) is 0 Å². The van der Waals surface area contributed by atoms with Crippen LogP contribution in [0.3, 0.4) is 0 Å². The van der Waals surface area contributed by atoms with Gasteiger partial charge in [0.2, 0.25) is 0 Å². The summed E-state index contributed by atoms with van der Waals surface area (Å²) in [4.78, 5) is 28.9. The van der Waals surface area contributed by atoms with Gasteiger partial charge in [0.1, 0.15) is 11.2 Å². The molecule has 6 nitrogen and oxygen atoms in total. The standard InChI is InChI=1S/C22H30N2O4/c1-14-12-17-16(3)19(27-18(17)13-15(14)2)20(25)23-8-7-9-24(11-10-23)21(26)28-22(4,5)6/h12-13H,7-11H2,1-6H3. The van der Waals surface area contributed by atoms with Crippen LogP contribution in [0.2, 0.25) is 0 Å². The molecule has 0 atom stereocenters. The van der Waals surface area contributed by atoms with Crippen molar-refractivity contribution in [3.63, 3.8) is 0 Å². The van der Waals surface area contributed by atoms with Crippen molar-refractivity contribution in [3.8, 4) is 0 Å². The molecule has 2 heterocycles. The molecule has 1 fully saturated rings. The lowest BCUT2D eigenvalue weighted by Gasteiger charge is -2.26. The third-order valence-electron chi connectivity index (χ3n) is 5.18. The lowest BCUT2D eigenvalue weighted by molar-refractivity contribution is 0.0255. The zero-order valence-electron chi connectivity index (χ0n) is 17.7. The molecule has 2 aromatic rings. The summed E-state index contributed by atoms with van der Waals surface area (Å²) in [5, 5.41) is 0.983. The molecule has 1 aliphatic rings. The van der Waals surface area contributed by atoms with E-state index in [4.69, 9.17) is 9.15 Å². The summed E-state index contributed by atoms with van der Waals surface area (Å²) in [6, 6.07) is 4.06. The molecule has 0 unspecified atom stereocenters. The average Bonchev–Trinajstić information content (AvgIpc) is 2.79. The minimum absolute atomic E-state index is 0.116. The van der Waals surface area contributed by atoms with Gasteiger partial charge in [-0.1, -0.05) is 0 Å². The van der Waals surface area contributed by atoms with Crippen molar-refractivity contribution in [2.24, 2.45) is 0 Å². The molecule has 1 aromatic carbocycles. The van der Waals surface area contributed by atoms with Crippen LogP contribution in [-0.4, -0.2) is 53.6 Å². The molecule has 1 aliphatic heterocycles. The Morgan fingerprint density at radius 3 is 2.25 bits per heavy atom. The van der Waals surface area contributed by atoms with Crippen LogP contribution in [0.4, 0.5) is 4.79 Å². The van der Waals surface area contributed by atoms with Crippen LogP contribution in [0.1, 0.15) is 54.4 Å². The Morgan fingerprint density at radius 2 is 1.57 bits per heavy atom. The van der Waals surface area contributed by atoms with E-state index < -0.39 is 5.60 Å². The van der Waals surface area contributed by atoms with Gasteiger partial charge in [-0.3, -0.25) is 4.79 Å². The highest BCUT2D eigenvalue weighted by atomic mass is 16.6. The van der Waals surface area contributed by atoms with Gasteiger partial charge in [-0.15, -0.1) is 0 Å². The van der Waals surface area contributed by atoms with Crippen LogP contribution < -0.4 is 0 Å². The minimum atomic E-state index is -0.527. The van der Waals surface area contributed by atoms with E-state index >= 15 is 0 Å². The summed E-state index contributed by atoms with van der Waals surface area (Å²) in [5.41, 5.74) is 3.41. The molecule has 1 aromatic heterocycles. The van der Waals surface area contributed by atoms with Gasteiger partial charge < -0.3 is 19.0 Å². The Bertz CT molecular complexity index is 907. The number of hydrogen-bond acceptors (Lipinski definition) is 4. The zero-order chi connectivity index (χ0) is 20.6. The fourth-order valence-corrected chi connectivity index (χ4v) is 3.45. The Labute approximate surface area is 166 Å². The monoisotopic (exact) mass is 386 g/mol. The Balaban J connectivity index is 1.76. The smallest absolute Gasteiger partial charge is 0.410 e. The van der Waals surface area contributed by atoms with Crippen molar-refractivity contribution in [3.05, 3.63) is 34.6 Å². The number of ether oxygens (including phenoxy) is 1. The van der Waals surface area contributed by atoms with E-state index in [1.54, 1.807) is 9.80 Å². The predicted molar refractivity (Wildman–Crippen MR) is 109 cm³/mol. The van der Waals surface area contributed by atoms with Crippen molar-refractivity contribution in [1.82, 2.24) is 9.80 Å². The normalized spacial score (nSPS) is 15.6. The number of rotatable bonds is 1. The molecule has 152 valence electrons. The maximum absolute atomic E-state index is 13.1. The number of fused-ring (bicyclic) bond motifs is 1. The number of carbonyl (C=O) groups excluding carboxylic acids is 2. The van der Waals surface area contributed by atoms with Crippen molar-refractivity contribution >= 4 is 23.0 Å². The minimum Gasteiger partial charge on any atom is -0.451 e. The van der Waals surface area contributed by atoms with Crippen LogP contribution in [0.15, 0.2) is 16.5 Å². The van der Waals surface area contributed by atoms with Gasteiger partial charge in [0, 0.05) is 37.1 Å². The second kappa shape index (κ2) is 7.49. The van der Waals surface area contributed by atoms with Gasteiger partial charge in [0.05, 0.1) is 0 Å². The molecular weight excluding hydrogens is 356 g/mol. The summed E-state index contributed by atoms with van der Waals surface area (Å²) in [6.07, 6.45) is 0.385. The highest BCUT2D eigenvalue weighted by Crippen LogP contribution is 2.29. The van der Waals surface area contributed by atoms with Gasteiger partial charge in [-0.25, -0.2) is 4.79 Å². The topological polar surface area (TPSA) is 63.0 Å². The molecule has 0 bridgehead atoms. The third kappa shape index (κ3) is 4.16. The fraction of sp³-hybridized carbons (Fsp3) is 0.545. The van der Waals surface area contributed by atoms with Crippen LogP contribution >= 0.6 is 0 Å². The molecule has 6 heteroatoms. The molecule has 0 saturated carbocycles. The fourth-order valence-electron chi connectivity index (χ4n) is 3.45. The van der Waals surface area contributed by atoms with E-state index in [0.29, 0.717) is 38.4 Å².